The largest absolute Gasteiger partial charge is 0.352 e. The highest BCUT2D eigenvalue weighted by Gasteiger charge is 2.20. The number of pyridine rings is 1. The maximum atomic E-state index is 11.5. The van der Waals surface area contributed by atoms with Crippen molar-refractivity contribution in [1.82, 2.24) is 4.98 Å². The second-order valence-electron chi connectivity index (χ2n) is 5.63. The zero-order valence-electron chi connectivity index (χ0n) is 12.7. The van der Waals surface area contributed by atoms with Crippen LogP contribution in [-0.4, -0.2) is 26.2 Å². The minimum absolute atomic E-state index is 0.692. The van der Waals surface area contributed by atoms with E-state index >= 15 is 0 Å². The molecule has 2 aromatic rings. The Morgan fingerprint density at radius 3 is 2.68 bits per heavy atom. The van der Waals surface area contributed by atoms with Crippen molar-refractivity contribution >= 4 is 21.5 Å². The van der Waals surface area contributed by atoms with Crippen LogP contribution in [0.5, 0.6) is 0 Å². The van der Waals surface area contributed by atoms with E-state index in [1.807, 2.05) is 43.3 Å². The second kappa shape index (κ2) is 5.61. The van der Waals surface area contributed by atoms with Gasteiger partial charge in [0.25, 0.3) is 0 Å². The Hall–Kier alpha value is -2.08. The van der Waals surface area contributed by atoms with Crippen LogP contribution in [0.2, 0.25) is 0 Å². The molecule has 116 valence electrons. The number of rotatable bonds is 3. The van der Waals surface area contributed by atoms with Gasteiger partial charge in [0.05, 0.1) is 11.9 Å². The van der Waals surface area contributed by atoms with Gasteiger partial charge < -0.3 is 4.90 Å². The van der Waals surface area contributed by atoms with Crippen LogP contribution in [0.15, 0.2) is 36.4 Å². The number of aromatic nitrogens is 1. The van der Waals surface area contributed by atoms with Gasteiger partial charge in [-0.05, 0) is 42.7 Å². The average molecular weight is 317 g/mol. The molecule has 3 rings (SSSR count). The molecule has 6 heteroatoms. The van der Waals surface area contributed by atoms with Crippen LogP contribution in [0.3, 0.4) is 0 Å². The number of nitrogens with zero attached hydrogens (tertiary/aromatic N) is 2. The van der Waals surface area contributed by atoms with Crippen LogP contribution in [0.25, 0.3) is 0 Å². The third-order valence-electron chi connectivity index (χ3n) is 3.76. The zero-order valence-corrected chi connectivity index (χ0v) is 13.5. The van der Waals surface area contributed by atoms with E-state index < -0.39 is 10.0 Å². The maximum Gasteiger partial charge on any atom is 0.229 e. The molecule has 0 radical (unpaired) electrons. The Kier molecular flexibility index (Phi) is 3.78. The summed E-state index contributed by atoms with van der Waals surface area (Å²) < 4.78 is 25.6. The van der Waals surface area contributed by atoms with E-state index in [1.54, 1.807) is 0 Å². The molecule has 1 aliphatic rings. The highest BCUT2D eigenvalue weighted by molar-refractivity contribution is 7.92. The number of fused-ring (bicyclic) bond motifs is 1. The Balaban J connectivity index is 1.89. The van der Waals surface area contributed by atoms with Crippen molar-refractivity contribution in [2.75, 3.05) is 22.4 Å². The Morgan fingerprint density at radius 2 is 1.95 bits per heavy atom. The fourth-order valence-corrected chi connectivity index (χ4v) is 3.40. The highest BCUT2D eigenvalue weighted by Crippen LogP contribution is 2.28. The number of aryl methyl sites for hydroxylation is 1. The lowest BCUT2D eigenvalue weighted by Crippen LogP contribution is -2.31. The summed E-state index contributed by atoms with van der Waals surface area (Å²) in [7, 11) is -3.26. The third-order valence-corrected chi connectivity index (χ3v) is 4.35. The summed E-state index contributed by atoms with van der Waals surface area (Å²) in [5.41, 5.74) is 3.91. The van der Waals surface area contributed by atoms with Crippen LogP contribution in [0, 0.1) is 6.92 Å². The molecule has 0 amide bonds. The minimum atomic E-state index is -3.26. The van der Waals surface area contributed by atoms with Gasteiger partial charge in [0, 0.05) is 18.8 Å². The van der Waals surface area contributed by atoms with E-state index in [9.17, 15) is 8.42 Å². The molecule has 0 bridgehead atoms. The number of anilines is 2. The lowest BCUT2D eigenvalue weighted by Gasteiger charge is -2.31. The van der Waals surface area contributed by atoms with Crippen LogP contribution >= 0.6 is 0 Å². The molecule has 0 spiro atoms. The smallest absolute Gasteiger partial charge is 0.229 e. The van der Waals surface area contributed by atoms with E-state index in [-0.39, 0.29) is 0 Å². The molecular formula is C16H19N3O2S. The first-order valence-corrected chi connectivity index (χ1v) is 9.09. The first-order chi connectivity index (χ1) is 10.4. The van der Waals surface area contributed by atoms with Crippen molar-refractivity contribution in [3.63, 3.8) is 0 Å². The summed E-state index contributed by atoms with van der Waals surface area (Å²) in [6.45, 7) is 3.55. The van der Waals surface area contributed by atoms with Crippen LogP contribution in [-0.2, 0) is 23.0 Å². The Labute approximate surface area is 131 Å². The number of benzene rings is 1. The number of hydrogen-bond donors (Lipinski definition) is 1. The molecule has 1 aromatic carbocycles. The van der Waals surface area contributed by atoms with E-state index in [2.05, 4.69) is 14.6 Å². The molecule has 0 fully saturated rings. The molecule has 22 heavy (non-hydrogen) atoms. The fourth-order valence-electron chi connectivity index (χ4n) is 2.81. The highest BCUT2D eigenvalue weighted by atomic mass is 32.2. The predicted molar refractivity (Wildman–Crippen MR) is 88.6 cm³/mol. The molecule has 1 N–H and O–H groups in total. The minimum Gasteiger partial charge on any atom is -0.352 e. The number of sulfonamides is 1. The third kappa shape index (κ3) is 3.22. The molecule has 0 aliphatic carbocycles. The SMILES string of the molecule is Cc1cccc(N2CCc3c(cccc3NS(C)(=O)=O)C2)n1. The zero-order chi connectivity index (χ0) is 15.7. The number of hydrogen-bond acceptors (Lipinski definition) is 4. The fraction of sp³-hybridized carbons (Fsp3) is 0.312. The van der Waals surface area contributed by atoms with Gasteiger partial charge in [0.15, 0.2) is 0 Å². The molecule has 5 nitrogen and oxygen atoms in total. The summed E-state index contributed by atoms with van der Waals surface area (Å²) in [6.07, 6.45) is 1.97. The number of nitrogens with one attached hydrogen (secondary N) is 1. The van der Waals surface area contributed by atoms with Crippen molar-refractivity contribution in [2.45, 2.75) is 19.9 Å². The van der Waals surface area contributed by atoms with Gasteiger partial charge in [-0.25, -0.2) is 13.4 Å². The van der Waals surface area contributed by atoms with Gasteiger partial charge in [-0.15, -0.1) is 0 Å². The Morgan fingerprint density at radius 1 is 1.18 bits per heavy atom. The van der Waals surface area contributed by atoms with E-state index in [0.717, 1.165) is 42.1 Å². The first-order valence-electron chi connectivity index (χ1n) is 7.19. The molecule has 0 saturated carbocycles. The first kappa shape index (κ1) is 14.8. The van der Waals surface area contributed by atoms with E-state index in [0.29, 0.717) is 5.69 Å². The molecule has 1 aromatic heterocycles. The van der Waals surface area contributed by atoms with Crippen molar-refractivity contribution in [3.05, 3.63) is 53.2 Å². The Bertz CT molecular complexity index is 803. The average Bonchev–Trinajstić information content (AvgIpc) is 2.45. The lowest BCUT2D eigenvalue weighted by molar-refractivity contribution is 0.606. The van der Waals surface area contributed by atoms with Crippen molar-refractivity contribution in [2.24, 2.45) is 0 Å². The summed E-state index contributed by atoms with van der Waals surface area (Å²) in [4.78, 5) is 6.79. The van der Waals surface area contributed by atoms with Gasteiger partial charge in [-0.3, -0.25) is 4.72 Å². The molecular weight excluding hydrogens is 298 g/mol. The monoisotopic (exact) mass is 317 g/mol. The van der Waals surface area contributed by atoms with Crippen molar-refractivity contribution in [3.8, 4) is 0 Å². The van der Waals surface area contributed by atoms with Gasteiger partial charge in [-0.2, -0.15) is 0 Å². The standard InChI is InChI=1S/C16H19N3O2S/c1-12-5-3-8-16(17-12)19-10-9-14-13(11-19)6-4-7-15(14)18-22(2,20)21/h3-8,18H,9-11H2,1-2H3. The van der Waals surface area contributed by atoms with E-state index in [4.69, 9.17) is 0 Å². The lowest BCUT2D eigenvalue weighted by atomic mass is 9.98. The summed E-state index contributed by atoms with van der Waals surface area (Å²) in [6, 6.07) is 11.8. The molecule has 1 aliphatic heterocycles. The van der Waals surface area contributed by atoms with Crippen LogP contribution in [0.4, 0.5) is 11.5 Å². The molecule has 2 heterocycles. The topological polar surface area (TPSA) is 62.3 Å². The quantitative estimate of drug-likeness (QED) is 0.944. The maximum absolute atomic E-state index is 11.5. The van der Waals surface area contributed by atoms with Gasteiger partial charge >= 0.3 is 0 Å². The molecule has 0 unspecified atom stereocenters. The van der Waals surface area contributed by atoms with Crippen LogP contribution < -0.4 is 9.62 Å². The van der Waals surface area contributed by atoms with Gasteiger partial charge in [0.2, 0.25) is 10.0 Å². The summed E-state index contributed by atoms with van der Waals surface area (Å²) >= 11 is 0. The van der Waals surface area contributed by atoms with Gasteiger partial charge in [0.1, 0.15) is 5.82 Å². The van der Waals surface area contributed by atoms with Crippen molar-refractivity contribution in [1.29, 1.82) is 0 Å². The van der Waals surface area contributed by atoms with Crippen molar-refractivity contribution < 1.29 is 8.42 Å². The summed E-state index contributed by atoms with van der Waals surface area (Å²) in [5, 5.41) is 0. The predicted octanol–water partition coefficient (Wildman–Crippen LogP) is 2.32. The van der Waals surface area contributed by atoms with E-state index in [1.165, 1.54) is 6.26 Å². The van der Waals surface area contributed by atoms with Crippen LogP contribution in [0.1, 0.15) is 16.8 Å². The molecule has 0 saturated heterocycles. The molecule has 0 atom stereocenters. The van der Waals surface area contributed by atoms with Gasteiger partial charge in [-0.1, -0.05) is 18.2 Å². The normalized spacial score (nSPS) is 14.5. The second-order valence-corrected chi connectivity index (χ2v) is 7.37. The summed E-state index contributed by atoms with van der Waals surface area (Å²) in [5.74, 6) is 0.965.